The molecule has 2 N–H and O–H groups in total. The molecule has 0 radical (unpaired) electrons. The van der Waals surface area contributed by atoms with Crippen molar-refractivity contribution in [2.45, 2.75) is 19.6 Å². The van der Waals surface area contributed by atoms with Crippen LogP contribution in [0.5, 0.6) is 0 Å². The van der Waals surface area contributed by atoms with Gasteiger partial charge in [-0.2, -0.15) is 18.3 Å². The Kier molecular flexibility index (Phi) is 4.33. The predicted octanol–water partition coefficient (Wildman–Crippen LogP) is 1.08. The second-order valence-electron chi connectivity index (χ2n) is 3.94. The Hall–Kier alpha value is -1.57. The lowest BCUT2D eigenvalue weighted by Crippen LogP contribution is -2.38. The molecular formula is C10H14F3N3O2. The van der Waals surface area contributed by atoms with Crippen LogP contribution in [0.15, 0.2) is 6.20 Å². The number of halogens is 3. The van der Waals surface area contributed by atoms with Crippen molar-refractivity contribution in [2.75, 3.05) is 6.54 Å². The number of carboxylic acid groups (broad SMARTS) is 1. The van der Waals surface area contributed by atoms with Crippen LogP contribution in [0.3, 0.4) is 0 Å². The number of carboxylic acids is 1. The van der Waals surface area contributed by atoms with E-state index in [1.165, 1.54) is 6.20 Å². The van der Waals surface area contributed by atoms with Gasteiger partial charge in [0.25, 0.3) is 0 Å². The number of aliphatic carboxylic acids is 1. The minimum Gasteiger partial charge on any atom is -0.481 e. The number of nitrogens with one attached hydrogen (secondary N) is 1. The van der Waals surface area contributed by atoms with Crippen molar-refractivity contribution in [3.05, 3.63) is 17.5 Å². The highest BCUT2D eigenvalue weighted by Gasteiger charge is 2.44. The molecule has 0 spiro atoms. The quantitative estimate of drug-likeness (QED) is 0.836. The fraction of sp³-hybridized carbons (Fsp3) is 0.600. The molecule has 1 atom stereocenters. The number of aromatic nitrogens is 2. The third-order valence-corrected chi connectivity index (χ3v) is 2.69. The maximum atomic E-state index is 12.3. The van der Waals surface area contributed by atoms with Crippen LogP contribution in [-0.4, -0.2) is 33.6 Å². The number of nitrogens with zero attached hydrogens (tertiary/aromatic N) is 2. The Morgan fingerprint density at radius 1 is 1.61 bits per heavy atom. The molecule has 102 valence electrons. The molecule has 0 saturated heterocycles. The first-order valence-corrected chi connectivity index (χ1v) is 5.21. The summed E-state index contributed by atoms with van der Waals surface area (Å²) in [5.74, 6) is -4.27. The molecule has 0 aliphatic rings. The van der Waals surface area contributed by atoms with Gasteiger partial charge in [-0.3, -0.25) is 9.48 Å². The van der Waals surface area contributed by atoms with E-state index in [0.29, 0.717) is 0 Å². The summed E-state index contributed by atoms with van der Waals surface area (Å²) in [6.07, 6.45) is -3.21. The molecule has 5 nitrogen and oxygen atoms in total. The molecule has 0 aromatic carbocycles. The van der Waals surface area contributed by atoms with E-state index in [9.17, 15) is 18.0 Å². The largest absolute Gasteiger partial charge is 0.481 e. The monoisotopic (exact) mass is 265 g/mol. The summed E-state index contributed by atoms with van der Waals surface area (Å²) >= 11 is 0. The zero-order valence-corrected chi connectivity index (χ0v) is 9.95. The molecule has 0 aliphatic carbocycles. The minimum atomic E-state index is -4.75. The van der Waals surface area contributed by atoms with Crippen LogP contribution >= 0.6 is 0 Å². The molecule has 1 aromatic rings. The molecule has 18 heavy (non-hydrogen) atoms. The zero-order valence-electron chi connectivity index (χ0n) is 9.95. The lowest BCUT2D eigenvalue weighted by atomic mass is 10.1. The lowest BCUT2D eigenvalue weighted by Gasteiger charge is -2.16. The van der Waals surface area contributed by atoms with Gasteiger partial charge in [-0.1, -0.05) is 0 Å². The normalized spacial score (nSPS) is 13.6. The smallest absolute Gasteiger partial charge is 0.403 e. The molecule has 1 heterocycles. The second-order valence-corrected chi connectivity index (χ2v) is 3.94. The van der Waals surface area contributed by atoms with Gasteiger partial charge in [-0.15, -0.1) is 0 Å². The molecule has 1 aromatic heterocycles. The fourth-order valence-corrected chi connectivity index (χ4v) is 1.41. The van der Waals surface area contributed by atoms with E-state index in [-0.39, 0.29) is 6.54 Å². The first-order valence-electron chi connectivity index (χ1n) is 5.21. The molecule has 0 aliphatic heterocycles. The number of rotatable bonds is 5. The van der Waals surface area contributed by atoms with E-state index >= 15 is 0 Å². The Bertz CT molecular complexity index is 428. The van der Waals surface area contributed by atoms with Gasteiger partial charge in [-0.05, 0) is 6.92 Å². The van der Waals surface area contributed by atoms with Gasteiger partial charge in [0.1, 0.15) is 0 Å². The number of alkyl halides is 3. The second kappa shape index (κ2) is 5.38. The van der Waals surface area contributed by atoms with Crippen molar-refractivity contribution in [2.24, 2.45) is 13.0 Å². The van der Waals surface area contributed by atoms with Crippen molar-refractivity contribution in [1.82, 2.24) is 15.1 Å². The number of hydrogen-bond acceptors (Lipinski definition) is 3. The van der Waals surface area contributed by atoms with Gasteiger partial charge < -0.3 is 10.4 Å². The van der Waals surface area contributed by atoms with Crippen molar-refractivity contribution < 1.29 is 23.1 Å². The zero-order chi connectivity index (χ0) is 13.9. The van der Waals surface area contributed by atoms with Crippen molar-refractivity contribution >= 4 is 5.97 Å². The van der Waals surface area contributed by atoms with Gasteiger partial charge in [0.15, 0.2) is 5.92 Å². The molecule has 0 bridgehead atoms. The third kappa shape index (κ3) is 3.46. The van der Waals surface area contributed by atoms with Crippen LogP contribution in [0.25, 0.3) is 0 Å². The molecule has 1 rings (SSSR count). The maximum absolute atomic E-state index is 12.3. The SMILES string of the molecule is Cc1c(CNCC(C(=O)O)C(F)(F)F)cnn1C. The van der Waals surface area contributed by atoms with Crippen LogP contribution in [0.2, 0.25) is 0 Å². The summed E-state index contributed by atoms with van der Waals surface area (Å²) in [5, 5.41) is 14.9. The van der Waals surface area contributed by atoms with Gasteiger partial charge in [0.05, 0.1) is 6.20 Å². The molecular weight excluding hydrogens is 251 g/mol. The fourth-order valence-electron chi connectivity index (χ4n) is 1.41. The van der Waals surface area contributed by atoms with E-state index in [4.69, 9.17) is 5.11 Å². The minimum absolute atomic E-state index is 0.152. The molecule has 0 saturated carbocycles. The average Bonchev–Trinajstić information content (AvgIpc) is 2.53. The Balaban J connectivity index is 2.55. The van der Waals surface area contributed by atoms with Crippen molar-refractivity contribution in [3.8, 4) is 0 Å². The number of aryl methyl sites for hydroxylation is 1. The first-order chi connectivity index (χ1) is 8.23. The Labute approximate surface area is 102 Å². The van der Waals surface area contributed by atoms with Gasteiger partial charge in [0.2, 0.25) is 0 Å². The summed E-state index contributed by atoms with van der Waals surface area (Å²) < 4.78 is 38.6. The Morgan fingerprint density at radius 2 is 2.22 bits per heavy atom. The molecule has 0 amide bonds. The highest BCUT2D eigenvalue weighted by atomic mass is 19.4. The molecule has 8 heteroatoms. The van der Waals surface area contributed by atoms with Crippen molar-refractivity contribution in [3.63, 3.8) is 0 Å². The highest BCUT2D eigenvalue weighted by Crippen LogP contribution is 2.25. The lowest BCUT2D eigenvalue weighted by molar-refractivity contribution is -0.192. The third-order valence-electron chi connectivity index (χ3n) is 2.69. The Morgan fingerprint density at radius 3 is 2.61 bits per heavy atom. The van der Waals surface area contributed by atoms with Crippen LogP contribution in [0, 0.1) is 12.8 Å². The molecule has 0 fully saturated rings. The summed E-state index contributed by atoms with van der Waals surface area (Å²) in [7, 11) is 1.72. The van der Waals surface area contributed by atoms with Gasteiger partial charge >= 0.3 is 12.1 Å². The standard InChI is InChI=1S/C10H14F3N3O2/c1-6-7(4-15-16(6)2)3-14-5-8(9(17)18)10(11,12)13/h4,8,14H,3,5H2,1-2H3,(H,17,18). The van der Waals surface area contributed by atoms with Crippen LogP contribution in [0.1, 0.15) is 11.3 Å². The summed E-state index contributed by atoms with van der Waals surface area (Å²) in [5.41, 5.74) is 1.56. The van der Waals surface area contributed by atoms with Crippen LogP contribution < -0.4 is 5.32 Å². The van der Waals surface area contributed by atoms with Crippen molar-refractivity contribution in [1.29, 1.82) is 0 Å². The maximum Gasteiger partial charge on any atom is 0.403 e. The average molecular weight is 265 g/mol. The van der Waals surface area contributed by atoms with E-state index in [2.05, 4.69) is 10.4 Å². The predicted molar refractivity (Wildman–Crippen MR) is 56.8 cm³/mol. The van der Waals surface area contributed by atoms with E-state index in [0.717, 1.165) is 11.3 Å². The number of hydrogen-bond donors (Lipinski definition) is 2. The molecule has 1 unspecified atom stereocenters. The van der Waals surface area contributed by atoms with E-state index in [1.807, 2.05) is 0 Å². The summed E-state index contributed by atoms with van der Waals surface area (Å²) in [4.78, 5) is 10.5. The van der Waals surface area contributed by atoms with E-state index < -0.39 is 24.6 Å². The topological polar surface area (TPSA) is 67.2 Å². The van der Waals surface area contributed by atoms with E-state index in [1.54, 1.807) is 18.7 Å². The summed E-state index contributed by atoms with van der Waals surface area (Å²) in [6.45, 7) is 1.27. The van der Waals surface area contributed by atoms with Crippen LogP contribution in [-0.2, 0) is 18.4 Å². The van der Waals surface area contributed by atoms with Gasteiger partial charge in [0, 0.05) is 31.4 Å². The first kappa shape index (κ1) is 14.5. The van der Waals surface area contributed by atoms with Crippen LogP contribution in [0.4, 0.5) is 13.2 Å². The van der Waals surface area contributed by atoms with Gasteiger partial charge in [-0.25, -0.2) is 0 Å². The highest BCUT2D eigenvalue weighted by molar-refractivity contribution is 5.71. The number of carbonyl (C=O) groups is 1. The summed E-state index contributed by atoms with van der Waals surface area (Å²) in [6, 6.07) is 0.